The third kappa shape index (κ3) is 4.56. The van der Waals surface area contributed by atoms with Gasteiger partial charge in [-0.25, -0.2) is 17.7 Å². The topological polar surface area (TPSA) is 84.3 Å². The number of fused-ring (bicyclic) bond motifs is 1. The first kappa shape index (κ1) is 22.5. The largest absolute Gasteiger partial charge is 0.349 e. The van der Waals surface area contributed by atoms with Crippen LogP contribution in [0.25, 0.3) is 11.0 Å². The van der Waals surface area contributed by atoms with Gasteiger partial charge in [-0.1, -0.05) is 30.3 Å². The summed E-state index contributed by atoms with van der Waals surface area (Å²) in [7, 11) is -0.502. The quantitative estimate of drug-likeness (QED) is 0.536. The summed E-state index contributed by atoms with van der Waals surface area (Å²) < 4.78 is 28.2. The van der Waals surface area contributed by atoms with Gasteiger partial charge >= 0.3 is 0 Å². The number of aryl methyl sites for hydroxylation is 2. The zero-order valence-corrected chi connectivity index (χ0v) is 19.6. The molecule has 7 nitrogen and oxygen atoms in total. The number of nitrogens with one attached hydrogen (secondary N) is 1. The lowest BCUT2D eigenvalue weighted by Gasteiger charge is -2.19. The molecule has 1 amide bonds. The summed E-state index contributed by atoms with van der Waals surface area (Å²) in [6.45, 7) is 2.72. The van der Waals surface area contributed by atoms with Crippen LogP contribution in [0, 0.1) is 5.92 Å². The van der Waals surface area contributed by atoms with Gasteiger partial charge in [0.2, 0.25) is 15.9 Å². The summed E-state index contributed by atoms with van der Waals surface area (Å²) in [5.74, 6) is 1.31. The Hall–Kier alpha value is -2.71. The maximum absolute atomic E-state index is 12.8. The maximum Gasteiger partial charge on any atom is 0.242 e. The predicted molar refractivity (Wildman–Crippen MR) is 125 cm³/mol. The Morgan fingerprint density at radius 1 is 1.19 bits per heavy atom. The van der Waals surface area contributed by atoms with Gasteiger partial charge < -0.3 is 9.88 Å². The van der Waals surface area contributed by atoms with E-state index < -0.39 is 10.0 Å². The van der Waals surface area contributed by atoms with Crippen molar-refractivity contribution < 1.29 is 13.2 Å². The summed E-state index contributed by atoms with van der Waals surface area (Å²) in [5, 5.41) is 3.22. The molecule has 1 saturated carbocycles. The number of hydrogen-bond acceptors (Lipinski definition) is 4. The van der Waals surface area contributed by atoms with Crippen molar-refractivity contribution in [3.05, 3.63) is 59.9 Å². The summed E-state index contributed by atoms with van der Waals surface area (Å²) in [6.07, 6.45) is 3.12. The van der Waals surface area contributed by atoms with Gasteiger partial charge in [0.25, 0.3) is 0 Å². The smallest absolute Gasteiger partial charge is 0.242 e. The number of imidazole rings is 1. The second-order valence-corrected chi connectivity index (χ2v) is 10.7. The zero-order chi connectivity index (χ0) is 22.9. The molecule has 0 radical (unpaired) electrons. The molecule has 1 atom stereocenters. The van der Waals surface area contributed by atoms with Crippen LogP contribution in [0.2, 0.25) is 0 Å². The van der Waals surface area contributed by atoms with Crippen molar-refractivity contribution in [3.63, 3.8) is 0 Å². The number of benzene rings is 2. The monoisotopic (exact) mass is 454 g/mol. The molecule has 4 rings (SSSR count). The van der Waals surface area contributed by atoms with Crippen molar-refractivity contribution in [2.75, 3.05) is 14.1 Å². The Morgan fingerprint density at radius 3 is 2.53 bits per heavy atom. The minimum atomic E-state index is -3.53. The minimum Gasteiger partial charge on any atom is -0.349 e. The average molecular weight is 455 g/mol. The Balaban J connectivity index is 1.50. The van der Waals surface area contributed by atoms with E-state index in [0.717, 1.165) is 29.7 Å². The van der Waals surface area contributed by atoms with E-state index in [2.05, 4.69) is 22.4 Å². The lowest BCUT2D eigenvalue weighted by Crippen LogP contribution is -2.30. The van der Waals surface area contributed by atoms with E-state index in [1.54, 1.807) is 18.2 Å². The highest BCUT2D eigenvalue weighted by Gasteiger charge is 2.33. The summed E-state index contributed by atoms with van der Waals surface area (Å²) in [4.78, 5) is 17.7. The SMILES string of the molecule is CCn1c(CCC(=O)NC(c2ccccc2)C2CC2)nc2cc(S(=O)(=O)N(C)C)ccc21. The van der Waals surface area contributed by atoms with E-state index in [-0.39, 0.29) is 16.8 Å². The van der Waals surface area contributed by atoms with E-state index in [1.807, 2.05) is 29.7 Å². The van der Waals surface area contributed by atoms with E-state index >= 15 is 0 Å². The first-order chi connectivity index (χ1) is 15.3. The van der Waals surface area contributed by atoms with E-state index in [9.17, 15) is 13.2 Å². The second kappa shape index (κ2) is 9.03. The maximum atomic E-state index is 12.8. The molecule has 1 aliphatic carbocycles. The van der Waals surface area contributed by atoms with Gasteiger partial charge in [0, 0.05) is 33.5 Å². The van der Waals surface area contributed by atoms with Crippen LogP contribution in [0.15, 0.2) is 53.4 Å². The number of aromatic nitrogens is 2. The number of amides is 1. The number of carbonyl (C=O) groups excluding carboxylic acids is 1. The highest BCUT2D eigenvalue weighted by Crippen LogP contribution is 2.41. The van der Waals surface area contributed by atoms with Crippen LogP contribution in [0.4, 0.5) is 0 Å². The lowest BCUT2D eigenvalue weighted by molar-refractivity contribution is -0.122. The molecule has 32 heavy (non-hydrogen) atoms. The molecule has 0 saturated heterocycles. The summed E-state index contributed by atoms with van der Waals surface area (Å²) in [5.41, 5.74) is 2.66. The van der Waals surface area contributed by atoms with Gasteiger partial charge in [0.05, 0.1) is 22.0 Å². The number of nitrogens with zero attached hydrogens (tertiary/aromatic N) is 3. The van der Waals surface area contributed by atoms with Crippen LogP contribution in [-0.4, -0.2) is 42.3 Å². The molecule has 1 heterocycles. The number of carbonyl (C=O) groups is 1. The third-order valence-corrected chi connectivity index (χ3v) is 7.85. The molecule has 1 unspecified atom stereocenters. The van der Waals surface area contributed by atoms with Crippen molar-refractivity contribution in [3.8, 4) is 0 Å². The highest BCUT2D eigenvalue weighted by molar-refractivity contribution is 7.89. The van der Waals surface area contributed by atoms with E-state index in [0.29, 0.717) is 30.8 Å². The fourth-order valence-corrected chi connectivity index (χ4v) is 5.03. The van der Waals surface area contributed by atoms with Crippen molar-refractivity contribution in [2.24, 2.45) is 5.92 Å². The van der Waals surface area contributed by atoms with E-state index in [1.165, 1.54) is 18.4 Å². The predicted octanol–water partition coefficient (Wildman–Crippen LogP) is 3.51. The first-order valence-electron chi connectivity index (χ1n) is 11.1. The minimum absolute atomic E-state index is 0.0105. The average Bonchev–Trinajstić information content (AvgIpc) is 3.56. The van der Waals surface area contributed by atoms with Crippen molar-refractivity contribution in [1.29, 1.82) is 0 Å². The fraction of sp³-hybridized carbons (Fsp3) is 0.417. The summed E-state index contributed by atoms with van der Waals surface area (Å²) >= 11 is 0. The Kier molecular flexibility index (Phi) is 6.35. The normalized spacial score (nSPS) is 15.2. The van der Waals surface area contributed by atoms with Crippen LogP contribution in [0.5, 0.6) is 0 Å². The molecular formula is C24H30N4O3S. The molecule has 1 aliphatic rings. The standard InChI is InChI=1S/C24H30N4O3S/c1-4-28-21-13-12-19(32(30,31)27(2)3)16-20(21)25-22(28)14-15-23(29)26-24(18-10-11-18)17-8-6-5-7-9-17/h5-9,12-13,16,18,24H,4,10-11,14-15H2,1-3H3,(H,26,29). The van der Waals surface area contributed by atoms with Gasteiger partial charge in [-0.15, -0.1) is 0 Å². The Morgan fingerprint density at radius 2 is 1.91 bits per heavy atom. The second-order valence-electron chi connectivity index (χ2n) is 8.50. The Bertz CT molecular complexity index is 1210. The molecular weight excluding hydrogens is 424 g/mol. The molecule has 0 aliphatic heterocycles. The number of sulfonamides is 1. The van der Waals surface area contributed by atoms with Crippen LogP contribution in [0.1, 0.15) is 43.6 Å². The molecule has 1 fully saturated rings. The molecule has 8 heteroatoms. The van der Waals surface area contributed by atoms with Crippen molar-refractivity contribution in [1.82, 2.24) is 19.2 Å². The van der Waals surface area contributed by atoms with Gasteiger partial charge in [0.15, 0.2) is 0 Å². The van der Waals surface area contributed by atoms with Crippen LogP contribution < -0.4 is 5.32 Å². The van der Waals surface area contributed by atoms with Gasteiger partial charge in [0.1, 0.15) is 5.82 Å². The molecule has 3 aromatic rings. The van der Waals surface area contributed by atoms with Crippen LogP contribution >= 0.6 is 0 Å². The van der Waals surface area contributed by atoms with Crippen LogP contribution in [0.3, 0.4) is 0 Å². The first-order valence-corrected chi connectivity index (χ1v) is 12.5. The zero-order valence-electron chi connectivity index (χ0n) is 18.8. The van der Waals surface area contributed by atoms with Gasteiger partial charge in [-0.05, 0) is 49.4 Å². The van der Waals surface area contributed by atoms with Gasteiger partial charge in [-0.3, -0.25) is 4.79 Å². The van der Waals surface area contributed by atoms with Crippen molar-refractivity contribution in [2.45, 2.75) is 50.1 Å². The molecule has 2 aromatic carbocycles. The third-order valence-electron chi connectivity index (χ3n) is 6.04. The summed E-state index contributed by atoms with van der Waals surface area (Å²) in [6, 6.07) is 15.2. The fourth-order valence-electron chi connectivity index (χ4n) is 4.11. The Labute approximate surface area is 189 Å². The molecule has 0 bridgehead atoms. The number of hydrogen-bond donors (Lipinski definition) is 1. The highest BCUT2D eigenvalue weighted by atomic mass is 32.2. The van der Waals surface area contributed by atoms with Gasteiger partial charge in [-0.2, -0.15) is 0 Å². The number of rotatable bonds is 9. The molecule has 1 N–H and O–H groups in total. The molecule has 170 valence electrons. The lowest BCUT2D eigenvalue weighted by atomic mass is 10.0. The van der Waals surface area contributed by atoms with Crippen LogP contribution in [-0.2, 0) is 27.8 Å². The molecule has 0 spiro atoms. The molecule has 1 aromatic heterocycles. The van der Waals surface area contributed by atoms with E-state index in [4.69, 9.17) is 0 Å². The van der Waals surface area contributed by atoms with Crippen molar-refractivity contribution >= 4 is 27.0 Å².